The molecule has 1 atom stereocenters. The summed E-state index contributed by atoms with van der Waals surface area (Å²) >= 11 is 0. The van der Waals surface area contributed by atoms with Crippen molar-refractivity contribution in [3.05, 3.63) is 0 Å². The lowest BCUT2D eigenvalue weighted by Crippen LogP contribution is -2.32. The van der Waals surface area contributed by atoms with Gasteiger partial charge >= 0.3 is 5.97 Å². The zero-order valence-electron chi connectivity index (χ0n) is 8.58. The number of ether oxygens (including phenoxy) is 1. The normalized spacial score (nSPS) is 12.1. The van der Waals surface area contributed by atoms with E-state index in [9.17, 15) is 4.79 Å². The second-order valence-electron chi connectivity index (χ2n) is 3.42. The van der Waals surface area contributed by atoms with E-state index in [1.807, 2.05) is 20.8 Å². The number of halogens is 1. The molecule has 0 aromatic carbocycles. The van der Waals surface area contributed by atoms with Gasteiger partial charge in [-0.15, -0.1) is 12.4 Å². The van der Waals surface area contributed by atoms with Crippen LogP contribution in [0.25, 0.3) is 0 Å². The summed E-state index contributed by atoms with van der Waals surface area (Å²) in [6, 6.07) is -0.436. The Morgan fingerprint density at radius 2 is 2.00 bits per heavy atom. The summed E-state index contributed by atoms with van der Waals surface area (Å²) in [5.41, 5.74) is 5.54. The second kappa shape index (κ2) is 8.32. The van der Waals surface area contributed by atoms with Gasteiger partial charge < -0.3 is 10.5 Å². The lowest BCUT2D eigenvalue weighted by atomic mass is 10.2. The molecule has 0 saturated heterocycles. The van der Waals surface area contributed by atoms with E-state index < -0.39 is 6.04 Å². The Hall–Kier alpha value is -0.280. The number of hydrogen-bond acceptors (Lipinski definition) is 3. The van der Waals surface area contributed by atoms with Gasteiger partial charge in [-0.1, -0.05) is 27.2 Å². The lowest BCUT2D eigenvalue weighted by molar-refractivity contribution is -0.146. The highest BCUT2D eigenvalue weighted by Gasteiger charge is 2.13. The molecular weight excluding hydrogens is 190 g/mol. The van der Waals surface area contributed by atoms with E-state index in [0.29, 0.717) is 18.9 Å². The Kier molecular flexibility index (Phi) is 9.74. The van der Waals surface area contributed by atoms with Crippen molar-refractivity contribution in [1.82, 2.24) is 0 Å². The Morgan fingerprint density at radius 1 is 1.46 bits per heavy atom. The van der Waals surface area contributed by atoms with E-state index in [4.69, 9.17) is 10.5 Å². The third-order valence-corrected chi connectivity index (χ3v) is 1.46. The van der Waals surface area contributed by atoms with E-state index in [1.165, 1.54) is 0 Å². The molecule has 80 valence electrons. The van der Waals surface area contributed by atoms with Crippen LogP contribution in [0.3, 0.4) is 0 Å². The second-order valence-corrected chi connectivity index (χ2v) is 3.42. The summed E-state index contributed by atoms with van der Waals surface area (Å²) in [6.45, 7) is 6.46. The maximum Gasteiger partial charge on any atom is 0.322 e. The zero-order valence-corrected chi connectivity index (χ0v) is 9.39. The van der Waals surface area contributed by atoms with Gasteiger partial charge in [0.1, 0.15) is 6.04 Å². The summed E-state index contributed by atoms with van der Waals surface area (Å²) in [4.78, 5) is 11.1. The van der Waals surface area contributed by atoms with Gasteiger partial charge in [-0.05, 0) is 12.3 Å². The maximum atomic E-state index is 11.1. The van der Waals surface area contributed by atoms with Crippen molar-refractivity contribution in [3.63, 3.8) is 0 Å². The molecule has 4 heteroatoms. The predicted octanol–water partition coefficient (Wildman–Crippen LogP) is 1.73. The largest absolute Gasteiger partial charge is 0.464 e. The van der Waals surface area contributed by atoms with Crippen LogP contribution >= 0.6 is 12.4 Å². The minimum Gasteiger partial charge on any atom is -0.464 e. The van der Waals surface area contributed by atoms with Crippen molar-refractivity contribution in [1.29, 1.82) is 0 Å². The van der Waals surface area contributed by atoms with Crippen molar-refractivity contribution in [2.45, 2.75) is 39.7 Å². The van der Waals surface area contributed by atoms with Crippen molar-refractivity contribution < 1.29 is 9.53 Å². The van der Waals surface area contributed by atoms with Crippen LogP contribution in [0.5, 0.6) is 0 Å². The molecule has 0 heterocycles. The quantitative estimate of drug-likeness (QED) is 0.702. The maximum absolute atomic E-state index is 11.1. The Morgan fingerprint density at radius 3 is 2.38 bits per heavy atom. The Balaban J connectivity index is 0. The molecule has 3 nitrogen and oxygen atoms in total. The molecule has 0 saturated carbocycles. The number of nitrogens with two attached hydrogens (primary N) is 1. The first-order chi connectivity index (χ1) is 5.57. The smallest absolute Gasteiger partial charge is 0.322 e. The molecule has 0 aromatic rings. The summed E-state index contributed by atoms with van der Waals surface area (Å²) < 4.78 is 4.95. The zero-order chi connectivity index (χ0) is 9.56. The first kappa shape index (κ1) is 15.2. The van der Waals surface area contributed by atoms with Gasteiger partial charge in [0.05, 0.1) is 6.61 Å². The highest BCUT2D eigenvalue weighted by Crippen LogP contribution is 1.98. The summed E-state index contributed by atoms with van der Waals surface area (Å²) in [6.07, 6.45) is 1.62. The standard InChI is InChI=1S/C9H19NO2.ClH/c1-4-5-8(10)9(11)12-6-7(2)3;/h7-8H,4-6,10H2,1-3H3;1H/t8-;/m0./s1. The molecular formula is C9H20ClNO2. The lowest BCUT2D eigenvalue weighted by Gasteiger charge is -2.11. The topological polar surface area (TPSA) is 52.3 Å². The van der Waals surface area contributed by atoms with Gasteiger partial charge in [0.15, 0.2) is 0 Å². The number of hydrogen-bond donors (Lipinski definition) is 1. The highest BCUT2D eigenvalue weighted by atomic mass is 35.5. The van der Waals surface area contributed by atoms with E-state index in [2.05, 4.69) is 0 Å². The van der Waals surface area contributed by atoms with Gasteiger partial charge in [0.2, 0.25) is 0 Å². The number of carbonyl (C=O) groups is 1. The average Bonchev–Trinajstić information content (AvgIpc) is 2.00. The third-order valence-electron chi connectivity index (χ3n) is 1.46. The summed E-state index contributed by atoms with van der Waals surface area (Å²) in [5, 5.41) is 0. The molecule has 0 bridgehead atoms. The SMILES string of the molecule is CCC[C@H](N)C(=O)OCC(C)C.Cl. The molecule has 0 aliphatic rings. The van der Waals surface area contributed by atoms with Crippen LogP contribution in [-0.4, -0.2) is 18.6 Å². The predicted molar refractivity (Wildman–Crippen MR) is 55.9 cm³/mol. The summed E-state index contributed by atoms with van der Waals surface area (Å²) in [5.74, 6) is 0.105. The molecule has 0 aliphatic heterocycles. The molecule has 2 N–H and O–H groups in total. The van der Waals surface area contributed by atoms with Crippen molar-refractivity contribution in [2.75, 3.05) is 6.61 Å². The number of rotatable bonds is 5. The van der Waals surface area contributed by atoms with Gasteiger partial charge in [0.25, 0.3) is 0 Å². The fourth-order valence-corrected chi connectivity index (χ4v) is 0.785. The van der Waals surface area contributed by atoms with Gasteiger partial charge in [0, 0.05) is 0 Å². The van der Waals surface area contributed by atoms with Crippen LogP contribution < -0.4 is 5.73 Å². The van der Waals surface area contributed by atoms with E-state index in [-0.39, 0.29) is 18.4 Å². The van der Waals surface area contributed by atoms with Crippen LogP contribution in [0.15, 0.2) is 0 Å². The van der Waals surface area contributed by atoms with Crippen molar-refractivity contribution >= 4 is 18.4 Å². The van der Waals surface area contributed by atoms with Crippen LogP contribution in [0.2, 0.25) is 0 Å². The molecule has 0 unspecified atom stereocenters. The average molecular weight is 210 g/mol. The van der Waals surface area contributed by atoms with Gasteiger partial charge in [-0.25, -0.2) is 0 Å². The van der Waals surface area contributed by atoms with E-state index in [1.54, 1.807) is 0 Å². The highest BCUT2D eigenvalue weighted by molar-refractivity contribution is 5.85. The Labute approximate surface area is 86.4 Å². The van der Waals surface area contributed by atoms with E-state index >= 15 is 0 Å². The third kappa shape index (κ3) is 8.06. The van der Waals surface area contributed by atoms with Gasteiger partial charge in [-0.2, -0.15) is 0 Å². The fourth-order valence-electron chi connectivity index (χ4n) is 0.785. The molecule has 0 fully saturated rings. The minimum atomic E-state index is -0.436. The first-order valence-electron chi connectivity index (χ1n) is 4.50. The van der Waals surface area contributed by atoms with Crippen LogP contribution in [-0.2, 0) is 9.53 Å². The molecule has 0 radical (unpaired) electrons. The van der Waals surface area contributed by atoms with E-state index in [0.717, 1.165) is 6.42 Å². The van der Waals surface area contributed by atoms with Crippen molar-refractivity contribution in [3.8, 4) is 0 Å². The van der Waals surface area contributed by atoms with Crippen LogP contribution in [0.1, 0.15) is 33.6 Å². The monoisotopic (exact) mass is 209 g/mol. The molecule has 0 aliphatic carbocycles. The molecule has 0 amide bonds. The Bertz CT molecular complexity index is 140. The van der Waals surface area contributed by atoms with Gasteiger partial charge in [-0.3, -0.25) is 4.79 Å². The molecule has 0 rings (SSSR count). The first-order valence-corrected chi connectivity index (χ1v) is 4.50. The molecule has 0 spiro atoms. The number of carbonyl (C=O) groups excluding carboxylic acids is 1. The summed E-state index contributed by atoms with van der Waals surface area (Å²) in [7, 11) is 0. The molecule has 0 aromatic heterocycles. The fraction of sp³-hybridized carbons (Fsp3) is 0.889. The minimum absolute atomic E-state index is 0. The molecule has 13 heavy (non-hydrogen) atoms. The van der Waals surface area contributed by atoms with Crippen LogP contribution in [0.4, 0.5) is 0 Å². The number of esters is 1. The van der Waals surface area contributed by atoms with Crippen LogP contribution in [0, 0.1) is 5.92 Å². The van der Waals surface area contributed by atoms with Crippen molar-refractivity contribution in [2.24, 2.45) is 11.7 Å².